The van der Waals surface area contributed by atoms with E-state index < -0.39 is 0 Å². The second-order valence-electron chi connectivity index (χ2n) is 5.76. The van der Waals surface area contributed by atoms with Crippen molar-refractivity contribution in [1.82, 2.24) is 15.5 Å². The van der Waals surface area contributed by atoms with E-state index in [9.17, 15) is 19.2 Å². The van der Waals surface area contributed by atoms with E-state index in [2.05, 4.69) is 10.6 Å². The predicted molar refractivity (Wildman–Crippen MR) is 94.8 cm³/mol. The standard InChI is InChI=1S/C16H27N3O5S/c1-12(20)18-11-24-9-7-17-14(21)6-4-3-5-8-19-15(22)10-13(25-2)16(19)23/h13H,3-11H2,1-2H3,(H,17,21)(H,18,20). The third-order valence-corrected chi connectivity index (χ3v) is 4.70. The molecule has 0 bridgehead atoms. The first-order chi connectivity index (χ1) is 12.0. The molecule has 1 aliphatic heterocycles. The number of unbranched alkanes of at least 4 members (excludes halogenated alkanes) is 2. The SMILES string of the molecule is CSC1CC(=O)N(CCCCCC(=O)NCCOCNC(C)=O)C1=O. The molecule has 1 aliphatic rings. The van der Waals surface area contributed by atoms with Crippen molar-refractivity contribution >= 4 is 35.4 Å². The molecule has 1 rings (SSSR count). The zero-order valence-corrected chi connectivity index (χ0v) is 15.7. The van der Waals surface area contributed by atoms with Crippen LogP contribution in [-0.2, 0) is 23.9 Å². The van der Waals surface area contributed by atoms with Gasteiger partial charge in [0.1, 0.15) is 6.73 Å². The fourth-order valence-corrected chi connectivity index (χ4v) is 3.02. The maximum Gasteiger partial charge on any atom is 0.242 e. The molecular weight excluding hydrogens is 346 g/mol. The number of carbonyl (C=O) groups excluding carboxylic acids is 4. The van der Waals surface area contributed by atoms with Crippen molar-refractivity contribution in [2.75, 3.05) is 32.7 Å². The monoisotopic (exact) mass is 373 g/mol. The molecule has 0 aromatic carbocycles. The van der Waals surface area contributed by atoms with Gasteiger partial charge in [0.15, 0.2) is 0 Å². The van der Waals surface area contributed by atoms with Crippen molar-refractivity contribution in [1.29, 1.82) is 0 Å². The normalized spacial score (nSPS) is 17.0. The van der Waals surface area contributed by atoms with Crippen LogP contribution in [0.2, 0.25) is 0 Å². The minimum atomic E-state index is -0.230. The lowest BCUT2D eigenvalue weighted by Crippen LogP contribution is -2.32. The van der Waals surface area contributed by atoms with Crippen LogP contribution in [0, 0.1) is 0 Å². The van der Waals surface area contributed by atoms with Crippen LogP contribution in [0.3, 0.4) is 0 Å². The summed E-state index contributed by atoms with van der Waals surface area (Å²) in [5, 5.41) is 4.99. The molecule has 0 spiro atoms. The van der Waals surface area contributed by atoms with E-state index >= 15 is 0 Å². The van der Waals surface area contributed by atoms with Gasteiger partial charge in [-0.05, 0) is 19.1 Å². The number of nitrogens with zero attached hydrogens (tertiary/aromatic N) is 1. The molecule has 8 nitrogen and oxygen atoms in total. The first kappa shape index (κ1) is 21.4. The van der Waals surface area contributed by atoms with Gasteiger partial charge < -0.3 is 15.4 Å². The van der Waals surface area contributed by atoms with E-state index in [0.29, 0.717) is 45.4 Å². The van der Waals surface area contributed by atoms with Gasteiger partial charge in [-0.2, -0.15) is 11.8 Å². The summed E-state index contributed by atoms with van der Waals surface area (Å²) in [5.74, 6) is -0.403. The van der Waals surface area contributed by atoms with Crippen LogP contribution in [0.1, 0.15) is 39.0 Å². The molecule has 2 N–H and O–H groups in total. The van der Waals surface area contributed by atoms with Crippen molar-refractivity contribution in [3.63, 3.8) is 0 Å². The van der Waals surface area contributed by atoms with E-state index in [0.717, 1.165) is 6.42 Å². The Morgan fingerprint density at radius 1 is 1.24 bits per heavy atom. The highest BCUT2D eigenvalue weighted by Gasteiger charge is 2.37. The molecule has 0 aromatic heterocycles. The van der Waals surface area contributed by atoms with Crippen LogP contribution < -0.4 is 10.6 Å². The highest BCUT2D eigenvalue weighted by molar-refractivity contribution is 8.00. The number of thioether (sulfide) groups is 1. The molecule has 1 saturated heterocycles. The topological polar surface area (TPSA) is 105 Å². The first-order valence-corrected chi connectivity index (χ1v) is 9.70. The van der Waals surface area contributed by atoms with Gasteiger partial charge in [0.25, 0.3) is 0 Å². The van der Waals surface area contributed by atoms with E-state index in [-0.39, 0.29) is 35.6 Å². The summed E-state index contributed by atoms with van der Waals surface area (Å²) in [6, 6.07) is 0. The lowest BCUT2D eigenvalue weighted by atomic mass is 10.2. The van der Waals surface area contributed by atoms with Crippen molar-refractivity contribution in [3.05, 3.63) is 0 Å². The third kappa shape index (κ3) is 8.35. The van der Waals surface area contributed by atoms with Crippen molar-refractivity contribution < 1.29 is 23.9 Å². The van der Waals surface area contributed by atoms with E-state index in [1.54, 1.807) is 0 Å². The molecule has 9 heteroatoms. The average Bonchev–Trinajstić information content (AvgIpc) is 2.84. The van der Waals surface area contributed by atoms with Gasteiger partial charge in [0, 0.05) is 32.9 Å². The second kappa shape index (κ2) is 11.9. The number of hydrogen-bond donors (Lipinski definition) is 2. The molecule has 1 unspecified atom stereocenters. The van der Waals surface area contributed by atoms with E-state index in [1.165, 1.54) is 23.6 Å². The largest absolute Gasteiger partial charge is 0.359 e. The van der Waals surface area contributed by atoms with Crippen LogP contribution in [-0.4, -0.2) is 66.5 Å². The Labute approximate surface area is 152 Å². The summed E-state index contributed by atoms with van der Waals surface area (Å²) >= 11 is 1.41. The summed E-state index contributed by atoms with van der Waals surface area (Å²) < 4.78 is 5.12. The molecule has 142 valence electrons. The summed E-state index contributed by atoms with van der Waals surface area (Å²) in [5.41, 5.74) is 0. The quantitative estimate of drug-likeness (QED) is 0.289. The number of ether oxygens (including phenoxy) is 1. The average molecular weight is 373 g/mol. The number of imide groups is 1. The minimum Gasteiger partial charge on any atom is -0.359 e. The molecule has 0 radical (unpaired) electrons. The molecular formula is C16H27N3O5S. The number of hydrogen-bond acceptors (Lipinski definition) is 6. The fourth-order valence-electron chi connectivity index (χ4n) is 2.38. The van der Waals surface area contributed by atoms with Gasteiger partial charge in [-0.25, -0.2) is 0 Å². The Morgan fingerprint density at radius 3 is 2.64 bits per heavy atom. The molecule has 1 heterocycles. The molecule has 0 aliphatic carbocycles. The molecule has 0 saturated carbocycles. The smallest absolute Gasteiger partial charge is 0.242 e. The van der Waals surface area contributed by atoms with Crippen molar-refractivity contribution in [2.24, 2.45) is 0 Å². The highest BCUT2D eigenvalue weighted by atomic mass is 32.2. The summed E-state index contributed by atoms with van der Waals surface area (Å²) in [7, 11) is 0. The lowest BCUT2D eigenvalue weighted by molar-refractivity contribution is -0.138. The van der Waals surface area contributed by atoms with Gasteiger partial charge in [-0.3, -0.25) is 24.1 Å². The minimum absolute atomic E-state index is 0.0566. The fraction of sp³-hybridized carbons (Fsp3) is 0.750. The number of rotatable bonds is 12. The second-order valence-corrected chi connectivity index (χ2v) is 6.80. The number of carbonyl (C=O) groups is 4. The molecule has 1 atom stereocenters. The van der Waals surface area contributed by atoms with Crippen LogP contribution in [0.15, 0.2) is 0 Å². The Balaban J connectivity index is 2.00. The summed E-state index contributed by atoms with van der Waals surface area (Å²) in [6.07, 6.45) is 4.75. The number of nitrogens with one attached hydrogen (secondary N) is 2. The molecule has 0 aromatic rings. The maximum atomic E-state index is 11.9. The Morgan fingerprint density at radius 2 is 2.00 bits per heavy atom. The molecule has 4 amide bonds. The van der Waals surface area contributed by atoms with Gasteiger partial charge in [0.05, 0.1) is 11.9 Å². The van der Waals surface area contributed by atoms with E-state index in [4.69, 9.17) is 4.74 Å². The third-order valence-electron chi connectivity index (χ3n) is 3.76. The van der Waals surface area contributed by atoms with Crippen LogP contribution in [0.5, 0.6) is 0 Å². The van der Waals surface area contributed by atoms with Gasteiger partial charge in [-0.1, -0.05) is 6.42 Å². The summed E-state index contributed by atoms with van der Waals surface area (Å²) in [6.45, 7) is 2.71. The highest BCUT2D eigenvalue weighted by Crippen LogP contribution is 2.23. The van der Waals surface area contributed by atoms with E-state index in [1.807, 2.05) is 6.26 Å². The van der Waals surface area contributed by atoms with Crippen LogP contribution in [0.25, 0.3) is 0 Å². The maximum absolute atomic E-state index is 11.9. The van der Waals surface area contributed by atoms with Crippen LogP contribution >= 0.6 is 11.8 Å². The zero-order valence-electron chi connectivity index (χ0n) is 14.8. The van der Waals surface area contributed by atoms with Crippen molar-refractivity contribution in [3.8, 4) is 0 Å². The number of amides is 4. The Hall–Kier alpha value is -1.61. The van der Waals surface area contributed by atoms with Gasteiger partial charge in [-0.15, -0.1) is 0 Å². The summed E-state index contributed by atoms with van der Waals surface area (Å²) in [4.78, 5) is 47.3. The number of likely N-dealkylation sites (tertiary alicyclic amines) is 1. The Bertz CT molecular complexity index is 486. The predicted octanol–water partition coefficient (Wildman–Crippen LogP) is 0.264. The van der Waals surface area contributed by atoms with Crippen LogP contribution in [0.4, 0.5) is 0 Å². The molecule has 25 heavy (non-hydrogen) atoms. The first-order valence-electron chi connectivity index (χ1n) is 8.41. The lowest BCUT2D eigenvalue weighted by Gasteiger charge is -2.14. The zero-order chi connectivity index (χ0) is 18.7. The molecule has 1 fully saturated rings. The van der Waals surface area contributed by atoms with Crippen molar-refractivity contribution in [2.45, 2.75) is 44.3 Å². The Kier molecular flexibility index (Phi) is 10.2. The van der Waals surface area contributed by atoms with Gasteiger partial charge >= 0.3 is 0 Å². The van der Waals surface area contributed by atoms with Gasteiger partial charge in [0.2, 0.25) is 23.6 Å².